The van der Waals surface area contributed by atoms with Crippen LogP contribution in [0.3, 0.4) is 0 Å². The molecule has 0 fully saturated rings. The maximum Gasteiger partial charge on any atom is 0.0403 e. The van der Waals surface area contributed by atoms with Gasteiger partial charge in [-0.3, -0.25) is 0 Å². The first-order chi connectivity index (χ1) is 4.80. The first-order valence-electron chi connectivity index (χ1n) is 3.26. The van der Waals surface area contributed by atoms with Gasteiger partial charge in [-0.05, 0) is 24.6 Å². The normalized spacial score (nSPS) is 15.5. The van der Waals surface area contributed by atoms with Crippen molar-refractivity contribution < 1.29 is 0 Å². The van der Waals surface area contributed by atoms with E-state index in [-0.39, 0.29) is 0 Å². The van der Waals surface area contributed by atoms with E-state index < -0.39 is 0 Å². The summed E-state index contributed by atoms with van der Waals surface area (Å²) in [5.74, 6) is 0. The highest BCUT2D eigenvalue weighted by molar-refractivity contribution is 5.32. The lowest BCUT2D eigenvalue weighted by molar-refractivity contribution is 1.07. The van der Waals surface area contributed by atoms with Crippen LogP contribution in [-0.4, -0.2) is 0 Å². The third-order valence-electron chi connectivity index (χ3n) is 1.28. The average Bonchev–Trinajstić information content (AvgIpc) is 2.12. The summed E-state index contributed by atoms with van der Waals surface area (Å²) in [5, 5.41) is 3.10. The smallest absolute Gasteiger partial charge is 0.0403 e. The van der Waals surface area contributed by atoms with E-state index in [1.54, 1.807) is 0 Å². The summed E-state index contributed by atoms with van der Waals surface area (Å²) < 4.78 is 0. The Morgan fingerprint density at radius 1 is 1.40 bits per heavy atom. The number of hydrogen-bond acceptors (Lipinski definition) is 1. The summed E-state index contributed by atoms with van der Waals surface area (Å²) in [4.78, 5) is 0. The fraction of sp³-hybridized carbons (Fsp3) is 0.111. The Labute approximate surface area is 61.4 Å². The zero-order chi connectivity index (χ0) is 7.40. The second-order valence-corrected chi connectivity index (χ2v) is 2.25. The molecule has 1 heterocycles. The van der Waals surface area contributed by atoms with E-state index in [1.807, 2.05) is 37.4 Å². The molecule has 1 aliphatic rings. The predicted molar refractivity (Wildman–Crippen MR) is 44.3 cm³/mol. The highest BCUT2D eigenvalue weighted by atomic mass is 14.8. The SMILES string of the molecule is C=C(C)C1=CC=CC=CN1. The van der Waals surface area contributed by atoms with Crippen LogP contribution in [0.5, 0.6) is 0 Å². The van der Waals surface area contributed by atoms with E-state index >= 15 is 0 Å². The molecule has 10 heavy (non-hydrogen) atoms. The Kier molecular flexibility index (Phi) is 2.11. The third-order valence-corrected chi connectivity index (χ3v) is 1.28. The van der Waals surface area contributed by atoms with Crippen molar-refractivity contribution in [3.63, 3.8) is 0 Å². The average molecular weight is 133 g/mol. The van der Waals surface area contributed by atoms with E-state index in [2.05, 4.69) is 11.9 Å². The summed E-state index contributed by atoms with van der Waals surface area (Å²) in [7, 11) is 0. The van der Waals surface area contributed by atoms with Gasteiger partial charge in [0, 0.05) is 11.9 Å². The predicted octanol–water partition coefficient (Wildman–Crippen LogP) is 2.12. The quantitative estimate of drug-likeness (QED) is 0.577. The van der Waals surface area contributed by atoms with Gasteiger partial charge in [0.1, 0.15) is 0 Å². The number of allylic oxidation sites excluding steroid dienone is 5. The van der Waals surface area contributed by atoms with Gasteiger partial charge in [-0.1, -0.05) is 18.7 Å². The van der Waals surface area contributed by atoms with Crippen molar-refractivity contribution in [3.05, 3.63) is 48.4 Å². The molecule has 0 aromatic rings. The molecular weight excluding hydrogens is 122 g/mol. The molecule has 0 saturated carbocycles. The Morgan fingerprint density at radius 2 is 2.20 bits per heavy atom. The van der Waals surface area contributed by atoms with Crippen LogP contribution in [0, 0.1) is 0 Å². The molecule has 0 bridgehead atoms. The first-order valence-corrected chi connectivity index (χ1v) is 3.26. The molecule has 52 valence electrons. The highest BCUT2D eigenvalue weighted by Crippen LogP contribution is 2.04. The molecule has 1 aliphatic heterocycles. The van der Waals surface area contributed by atoms with Gasteiger partial charge >= 0.3 is 0 Å². The fourth-order valence-electron chi connectivity index (χ4n) is 0.723. The Bertz CT molecular complexity index is 219. The van der Waals surface area contributed by atoms with Crippen LogP contribution < -0.4 is 5.32 Å². The monoisotopic (exact) mass is 133 g/mol. The Hall–Kier alpha value is -1.24. The molecular formula is C9H11N. The van der Waals surface area contributed by atoms with E-state index in [0.29, 0.717) is 0 Å². The lowest BCUT2D eigenvalue weighted by Gasteiger charge is -2.02. The van der Waals surface area contributed by atoms with Crippen molar-refractivity contribution >= 4 is 0 Å². The molecule has 0 aromatic heterocycles. The van der Waals surface area contributed by atoms with Crippen LogP contribution >= 0.6 is 0 Å². The Balaban J connectivity index is 2.78. The van der Waals surface area contributed by atoms with Gasteiger partial charge in [0.2, 0.25) is 0 Å². The van der Waals surface area contributed by atoms with Gasteiger partial charge in [-0.25, -0.2) is 0 Å². The summed E-state index contributed by atoms with van der Waals surface area (Å²) in [6, 6.07) is 0. The number of nitrogens with one attached hydrogen (secondary N) is 1. The van der Waals surface area contributed by atoms with E-state index in [0.717, 1.165) is 11.3 Å². The van der Waals surface area contributed by atoms with Gasteiger partial charge in [-0.2, -0.15) is 0 Å². The molecule has 1 nitrogen and oxygen atoms in total. The molecule has 0 amide bonds. The van der Waals surface area contributed by atoms with Crippen LogP contribution in [0.25, 0.3) is 0 Å². The summed E-state index contributed by atoms with van der Waals surface area (Å²) in [5.41, 5.74) is 2.13. The highest BCUT2D eigenvalue weighted by Gasteiger charge is 1.92. The summed E-state index contributed by atoms with van der Waals surface area (Å²) in [6.45, 7) is 5.80. The summed E-state index contributed by atoms with van der Waals surface area (Å²) in [6.07, 6.45) is 9.81. The molecule has 0 unspecified atom stereocenters. The molecule has 1 heteroatoms. The summed E-state index contributed by atoms with van der Waals surface area (Å²) >= 11 is 0. The Morgan fingerprint density at radius 3 is 2.90 bits per heavy atom. The molecule has 0 aliphatic carbocycles. The van der Waals surface area contributed by atoms with Crippen LogP contribution in [0.1, 0.15) is 6.92 Å². The molecule has 0 atom stereocenters. The van der Waals surface area contributed by atoms with Crippen molar-refractivity contribution in [1.82, 2.24) is 5.32 Å². The molecule has 0 saturated heterocycles. The van der Waals surface area contributed by atoms with Gasteiger partial charge in [0.15, 0.2) is 0 Å². The van der Waals surface area contributed by atoms with Crippen molar-refractivity contribution in [2.24, 2.45) is 0 Å². The minimum Gasteiger partial charge on any atom is -0.361 e. The molecule has 1 N–H and O–H groups in total. The minimum absolute atomic E-state index is 1.05. The topological polar surface area (TPSA) is 12.0 Å². The zero-order valence-corrected chi connectivity index (χ0v) is 6.09. The minimum atomic E-state index is 1.05. The van der Waals surface area contributed by atoms with Crippen molar-refractivity contribution in [2.75, 3.05) is 0 Å². The second kappa shape index (κ2) is 3.06. The molecule has 0 spiro atoms. The molecule has 0 radical (unpaired) electrons. The maximum atomic E-state index is 3.82. The van der Waals surface area contributed by atoms with Crippen LogP contribution in [0.2, 0.25) is 0 Å². The van der Waals surface area contributed by atoms with Gasteiger partial charge < -0.3 is 5.32 Å². The van der Waals surface area contributed by atoms with Gasteiger partial charge in [0.25, 0.3) is 0 Å². The van der Waals surface area contributed by atoms with E-state index in [1.165, 1.54) is 0 Å². The van der Waals surface area contributed by atoms with Crippen molar-refractivity contribution in [2.45, 2.75) is 6.92 Å². The van der Waals surface area contributed by atoms with Crippen LogP contribution in [0.4, 0.5) is 0 Å². The van der Waals surface area contributed by atoms with Gasteiger partial charge in [0.05, 0.1) is 0 Å². The third kappa shape index (κ3) is 1.62. The van der Waals surface area contributed by atoms with Crippen LogP contribution in [0.15, 0.2) is 48.4 Å². The maximum absolute atomic E-state index is 3.82. The fourth-order valence-corrected chi connectivity index (χ4v) is 0.723. The van der Waals surface area contributed by atoms with Crippen molar-refractivity contribution in [3.8, 4) is 0 Å². The molecule has 0 aromatic carbocycles. The lowest BCUT2D eigenvalue weighted by Crippen LogP contribution is -2.03. The van der Waals surface area contributed by atoms with E-state index in [9.17, 15) is 0 Å². The first kappa shape index (κ1) is 6.87. The van der Waals surface area contributed by atoms with Crippen LogP contribution in [-0.2, 0) is 0 Å². The standard InChI is InChI=1S/C9H11N/c1-8(2)9-6-4-3-5-7-10-9/h3-7,10H,1H2,2H3. The lowest BCUT2D eigenvalue weighted by atomic mass is 10.2. The zero-order valence-electron chi connectivity index (χ0n) is 6.09. The molecule has 1 rings (SSSR count). The van der Waals surface area contributed by atoms with Crippen molar-refractivity contribution in [1.29, 1.82) is 0 Å². The number of hydrogen-bond donors (Lipinski definition) is 1. The van der Waals surface area contributed by atoms with E-state index in [4.69, 9.17) is 0 Å². The number of rotatable bonds is 1. The van der Waals surface area contributed by atoms with Gasteiger partial charge in [-0.15, -0.1) is 0 Å². The second-order valence-electron chi connectivity index (χ2n) is 2.25. The largest absolute Gasteiger partial charge is 0.361 e.